The van der Waals surface area contributed by atoms with Gasteiger partial charge < -0.3 is 9.47 Å². The number of rotatable bonds is 3. The second-order valence-corrected chi connectivity index (χ2v) is 7.37. The van der Waals surface area contributed by atoms with Crippen LogP contribution in [0.25, 0.3) is 0 Å². The van der Waals surface area contributed by atoms with Crippen molar-refractivity contribution in [1.82, 2.24) is 5.01 Å². The molecule has 140 valence electrons. The number of ether oxygens (including phenoxy) is 2. The van der Waals surface area contributed by atoms with E-state index < -0.39 is 0 Å². The third-order valence-corrected chi connectivity index (χ3v) is 5.49. The molecule has 0 fully saturated rings. The summed E-state index contributed by atoms with van der Waals surface area (Å²) in [5, 5.41) is 7.73. The molecular weight excluding hydrogens is 372 g/mol. The number of benzene rings is 3. The lowest BCUT2D eigenvalue weighted by Crippen LogP contribution is -2.33. The molecule has 0 radical (unpaired) electrons. The number of hydrazone groups is 1. The Morgan fingerprint density at radius 1 is 1.04 bits per heavy atom. The summed E-state index contributed by atoms with van der Waals surface area (Å²) >= 11 is 6.28. The van der Waals surface area contributed by atoms with Crippen molar-refractivity contribution >= 4 is 17.3 Å². The topological polar surface area (TPSA) is 34.1 Å². The van der Waals surface area contributed by atoms with Crippen LogP contribution in [0.1, 0.15) is 35.4 Å². The fourth-order valence-electron chi connectivity index (χ4n) is 3.85. The molecule has 0 saturated carbocycles. The largest absolute Gasteiger partial charge is 0.497 e. The average Bonchev–Trinajstić information content (AvgIpc) is 3.20. The molecule has 0 bridgehead atoms. The van der Waals surface area contributed by atoms with Gasteiger partial charge in [-0.3, -0.25) is 0 Å². The van der Waals surface area contributed by atoms with E-state index in [1.165, 1.54) is 0 Å². The second kappa shape index (κ2) is 6.88. The molecule has 0 amide bonds. The predicted octanol–water partition coefficient (Wildman–Crippen LogP) is 5.59. The number of hydrogen-bond donors (Lipinski definition) is 0. The number of hydrogen-bond acceptors (Lipinski definition) is 4. The Balaban J connectivity index is 1.57. The molecule has 2 atom stereocenters. The highest BCUT2D eigenvalue weighted by molar-refractivity contribution is 6.30. The highest BCUT2D eigenvalue weighted by Gasteiger charge is 2.41. The fourth-order valence-corrected chi connectivity index (χ4v) is 4.03. The minimum absolute atomic E-state index is 0.0877. The fraction of sp³-hybridized carbons (Fsp3) is 0.174. The maximum Gasteiger partial charge on any atom is 0.213 e. The molecule has 5 heteroatoms. The Hall–Kier alpha value is -2.98. The third kappa shape index (κ3) is 2.90. The van der Waals surface area contributed by atoms with Crippen LogP contribution in [0, 0.1) is 0 Å². The molecule has 0 aliphatic carbocycles. The van der Waals surface area contributed by atoms with Gasteiger partial charge in [-0.15, -0.1) is 0 Å². The van der Waals surface area contributed by atoms with E-state index in [1.54, 1.807) is 7.11 Å². The van der Waals surface area contributed by atoms with Crippen LogP contribution in [0.3, 0.4) is 0 Å². The van der Waals surface area contributed by atoms with E-state index in [9.17, 15) is 0 Å². The van der Waals surface area contributed by atoms with Crippen LogP contribution in [-0.4, -0.2) is 17.8 Å². The van der Waals surface area contributed by atoms with E-state index in [-0.39, 0.29) is 12.3 Å². The minimum Gasteiger partial charge on any atom is -0.497 e. The van der Waals surface area contributed by atoms with Crippen molar-refractivity contribution in [3.05, 3.63) is 94.5 Å². The first-order valence-corrected chi connectivity index (χ1v) is 9.62. The Bertz CT molecular complexity index is 1030. The van der Waals surface area contributed by atoms with Gasteiger partial charge in [-0.1, -0.05) is 41.9 Å². The molecule has 3 aromatic carbocycles. The van der Waals surface area contributed by atoms with Gasteiger partial charge >= 0.3 is 0 Å². The van der Waals surface area contributed by atoms with Crippen molar-refractivity contribution in [2.75, 3.05) is 7.11 Å². The molecule has 4 nitrogen and oxygen atoms in total. The monoisotopic (exact) mass is 390 g/mol. The molecule has 0 unspecified atom stereocenters. The maximum absolute atomic E-state index is 6.35. The number of nitrogens with zero attached hydrogens (tertiary/aromatic N) is 2. The standard InChI is InChI=1S/C23H19ClN2O2/c1-27-18-10-7-15(8-11-18)20-14-21-19-13-17(24)9-12-22(19)28-23(26(21)25-20)16-5-3-2-4-6-16/h2-13,21,23H,14H2,1H3/t21-,23-/m0/s1. The van der Waals surface area contributed by atoms with Crippen molar-refractivity contribution in [3.8, 4) is 11.5 Å². The Morgan fingerprint density at radius 2 is 1.82 bits per heavy atom. The van der Waals surface area contributed by atoms with Gasteiger partial charge in [-0.25, -0.2) is 5.01 Å². The van der Waals surface area contributed by atoms with Gasteiger partial charge in [-0.2, -0.15) is 5.10 Å². The number of methoxy groups -OCH3 is 1. The SMILES string of the molecule is COc1ccc(C2=NN3[C@@H](C2)c2cc(Cl)ccc2O[C@H]3c2ccccc2)cc1. The van der Waals surface area contributed by atoms with Crippen LogP contribution in [-0.2, 0) is 0 Å². The lowest BCUT2D eigenvalue weighted by molar-refractivity contribution is -0.0190. The van der Waals surface area contributed by atoms with Crippen LogP contribution < -0.4 is 9.47 Å². The summed E-state index contributed by atoms with van der Waals surface area (Å²) in [7, 11) is 1.67. The first kappa shape index (κ1) is 17.1. The Labute approximate surface area is 169 Å². The van der Waals surface area contributed by atoms with Crippen LogP contribution in [0.5, 0.6) is 11.5 Å². The zero-order valence-electron chi connectivity index (χ0n) is 15.4. The lowest BCUT2D eigenvalue weighted by Gasteiger charge is -2.38. The number of halogens is 1. The van der Waals surface area contributed by atoms with E-state index in [0.717, 1.165) is 40.3 Å². The van der Waals surface area contributed by atoms with Crippen LogP contribution in [0.15, 0.2) is 77.9 Å². The number of fused-ring (bicyclic) bond motifs is 3. The van der Waals surface area contributed by atoms with E-state index in [4.69, 9.17) is 26.2 Å². The molecule has 5 rings (SSSR count). The average molecular weight is 391 g/mol. The van der Waals surface area contributed by atoms with Crippen molar-refractivity contribution in [2.45, 2.75) is 18.7 Å². The van der Waals surface area contributed by atoms with Crippen LogP contribution in [0.4, 0.5) is 0 Å². The maximum atomic E-state index is 6.35. The van der Waals surface area contributed by atoms with E-state index in [2.05, 4.69) is 17.1 Å². The lowest BCUT2D eigenvalue weighted by atomic mass is 9.96. The van der Waals surface area contributed by atoms with Gasteiger partial charge in [0.2, 0.25) is 6.23 Å². The molecule has 2 aliphatic rings. The first-order chi connectivity index (χ1) is 13.7. The third-order valence-electron chi connectivity index (χ3n) is 5.26. The summed E-state index contributed by atoms with van der Waals surface area (Å²) in [4.78, 5) is 0. The van der Waals surface area contributed by atoms with Gasteiger partial charge in [-0.05, 0) is 48.0 Å². The molecule has 0 aromatic heterocycles. The van der Waals surface area contributed by atoms with Gasteiger partial charge in [0.1, 0.15) is 11.5 Å². The normalized spacial score (nSPS) is 20.1. The van der Waals surface area contributed by atoms with Gasteiger partial charge in [0.25, 0.3) is 0 Å². The molecule has 2 aliphatic heterocycles. The first-order valence-electron chi connectivity index (χ1n) is 9.24. The van der Waals surface area contributed by atoms with Crippen LogP contribution in [0.2, 0.25) is 5.02 Å². The quantitative estimate of drug-likeness (QED) is 0.584. The molecule has 0 N–H and O–H groups in total. The summed E-state index contributed by atoms with van der Waals surface area (Å²) in [6.45, 7) is 0. The smallest absolute Gasteiger partial charge is 0.213 e. The Kier molecular flexibility index (Phi) is 4.21. The second-order valence-electron chi connectivity index (χ2n) is 6.94. The zero-order chi connectivity index (χ0) is 19.1. The summed E-state index contributed by atoms with van der Waals surface area (Å²) in [6, 6.07) is 24.1. The molecule has 2 heterocycles. The van der Waals surface area contributed by atoms with Crippen molar-refractivity contribution in [2.24, 2.45) is 5.10 Å². The predicted molar refractivity (Wildman–Crippen MR) is 110 cm³/mol. The summed E-state index contributed by atoms with van der Waals surface area (Å²) < 4.78 is 11.6. The van der Waals surface area contributed by atoms with Crippen molar-refractivity contribution in [1.29, 1.82) is 0 Å². The van der Waals surface area contributed by atoms with E-state index in [0.29, 0.717) is 5.02 Å². The highest BCUT2D eigenvalue weighted by atomic mass is 35.5. The van der Waals surface area contributed by atoms with E-state index in [1.807, 2.05) is 60.7 Å². The molecule has 0 spiro atoms. The minimum atomic E-state index is -0.268. The summed E-state index contributed by atoms with van der Waals surface area (Å²) in [6.07, 6.45) is 0.530. The van der Waals surface area contributed by atoms with Crippen molar-refractivity contribution < 1.29 is 9.47 Å². The summed E-state index contributed by atoms with van der Waals surface area (Å²) in [5.41, 5.74) is 4.27. The van der Waals surface area contributed by atoms with Crippen LogP contribution >= 0.6 is 11.6 Å². The van der Waals surface area contributed by atoms with Gasteiger partial charge in [0, 0.05) is 22.6 Å². The van der Waals surface area contributed by atoms with Crippen molar-refractivity contribution in [3.63, 3.8) is 0 Å². The van der Waals surface area contributed by atoms with Gasteiger partial charge in [0.05, 0.1) is 18.9 Å². The Morgan fingerprint density at radius 3 is 2.57 bits per heavy atom. The zero-order valence-corrected chi connectivity index (χ0v) is 16.1. The van der Waals surface area contributed by atoms with Gasteiger partial charge in [0.15, 0.2) is 0 Å². The molecule has 0 saturated heterocycles. The molecule has 28 heavy (non-hydrogen) atoms. The molecular formula is C23H19ClN2O2. The van der Waals surface area contributed by atoms with E-state index >= 15 is 0 Å². The highest BCUT2D eigenvalue weighted by Crippen LogP contribution is 2.48. The summed E-state index contributed by atoms with van der Waals surface area (Å²) in [5.74, 6) is 1.70. The molecule has 3 aromatic rings.